The molecule has 0 amide bonds. The zero-order valence-electron chi connectivity index (χ0n) is 14.2. The zero-order chi connectivity index (χ0) is 18.1. The summed E-state index contributed by atoms with van der Waals surface area (Å²) in [4.78, 5) is 21.2. The third-order valence-electron chi connectivity index (χ3n) is 4.12. The molecule has 0 radical (unpaired) electrons. The maximum absolute atomic E-state index is 12.3. The molecule has 1 aromatic carbocycles. The van der Waals surface area contributed by atoms with Crippen LogP contribution in [0.3, 0.4) is 0 Å². The van der Waals surface area contributed by atoms with E-state index in [9.17, 15) is 13.2 Å². The Bertz CT molecular complexity index is 894. The van der Waals surface area contributed by atoms with E-state index in [0.717, 1.165) is 12.1 Å². The summed E-state index contributed by atoms with van der Waals surface area (Å²) in [6, 6.07) is 8.42. The zero-order valence-corrected chi connectivity index (χ0v) is 15.9. The van der Waals surface area contributed by atoms with Crippen LogP contribution in [0, 0.1) is 5.41 Å². The van der Waals surface area contributed by atoms with E-state index in [-0.39, 0.29) is 17.0 Å². The number of ketones is 1. The maximum atomic E-state index is 12.3. The van der Waals surface area contributed by atoms with Gasteiger partial charge in [0.25, 0.3) is 0 Å². The minimum atomic E-state index is -3.31. The fourth-order valence-electron chi connectivity index (χ4n) is 2.87. The number of carbonyl (C=O) groups is 1. The summed E-state index contributed by atoms with van der Waals surface area (Å²) in [5, 5.41) is 0.521. The van der Waals surface area contributed by atoms with Crippen LogP contribution in [0.1, 0.15) is 36.3 Å². The van der Waals surface area contributed by atoms with Crippen LogP contribution < -0.4 is 0 Å². The molecule has 0 bridgehead atoms. The number of rotatable bonds is 5. The van der Waals surface area contributed by atoms with Gasteiger partial charge in [0.2, 0.25) is 0 Å². The SMILES string of the molecule is CC1(C)CC(=O)c2cnc(SCCS(=O)(=O)c3ccccc3)nc2C1. The number of carbonyl (C=O) groups excluding carboxylic acids is 1. The van der Waals surface area contributed by atoms with Crippen LogP contribution in [-0.4, -0.2) is 35.7 Å². The average Bonchev–Trinajstić information content (AvgIpc) is 2.54. The van der Waals surface area contributed by atoms with Crippen molar-refractivity contribution in [2.75, 3.05) is 11.5 Å². The number of thioether (sulfide) groups is 1. The van der Waals surface area contributed by atoms with Crippen molar-refractivity contribution < 1.29 is 13.2 Å². The Morgan fingerprint density at radius 3 is 2.60 bits per heavy atom. The number of sulfone groups is 1. The summed E-state index contributed by atoms with van der Waals surface area (Å²) in [5.74, 6) is 0.467. The number of fused-ring (bicyclic) bond motifs is 1. The number of hydrogen-bond donors (Lipinski definition) is 0. The molecule has 132 valence electrons. The lowest BCUT2D eigenvalue weighted by Gasteiger charge is -2.29. The van der Waals surface area contributed by atoms with Gasteiger partial charge in [-0.25, -0.2) is 18.4 Å². The molecule has 1 aromatic heterocycles. The number of aromatic nitrogens is 2. The molecule has 3 rings (SSSR count). The molecule has 0 unspecified atom stereocenters. The molecule has 5 nitrogen and oxygen atoms in total. The van der Waals surface area contributed by atoms with Gasteiger partial charge >= 0.3 is 0 Å². The minimum Gasteiger partial charge on any atom is -0.294 e. The molecule has 0 saturated heterocycles. The summed E-state index contributed by atoms with van der Waals surface area (Å²) >= 11 is 1.30. The standard InChI is InChI=1S/C18H20N2O3S2/c1-18(2)10-15-14(16(21)11-18)12-19-17(20-15)24-8-9-25(22,23)13-6-4-3-5-7-13/h3-7,12H,8-11H2,1-2H3. The van der Waals surface area contributed by atoms with E-state index >= 15 is 0 Å². The van der Waals surface area contributed by atoms with E-state index < -0.39 is 9.84 Å². The molecule has 0 fully saturated rings. The molecule has 2 aromatic rings. The van der Waals surface area contributed by atoms with Gasteiger partial charge in [-0.15, -0.1) is 0 Å². The van der Waals surface area contributed by atoms with Crippen LogP contribution in [-0.2, 0) is 16.3 Å². The highest BCUT2D eigenvalue weighted by atomic mass is 32.2. The first-order chi connectivity index (χ1) is 11.8. The molecule has 0 spiro atoms. The highest BCUT2D eigenvalue weighted by molar-refractivity contribution is 8.00. The van der Waals surface area contributed by atoms with Crippen molar-refractivity contribution in [3.05, 3.63) is 47.8 Å². The summed E-state index contributed by atoms with van der Waals surface area (Å²) in [6.07, 6.45) is 2.81. The largest absolute Gasteiger partial charge is 0.294 e. The van der Waals surface area contributed by atoms with Crippen LogP contribution in [0.4, 0.5) is 0 Å². The van der Waals surface area contributed by atoms with Crippen molar-refractivity contribution in [3.8, 4) is 0 Å². The van der Waals surface area contributed by atoms with Crippen molar-refractivity contribution >= 4 is 27.4 Å². The van der Waals surface area contributed by atoms with Crippen LogP contribution >= 0.6 is 11.8 Å². The molecule has 0 atom stereocenters. The van der Waals surface area contributed by atoms with Crippen molar-refractivity contribution in [1.82, 2.24) is 9.97 Å². The second-order valence-electron chi connectivity index (χ2n) is 6.93. The Morgan fingerprint density at radius 2 is 1.88 bits per heavy atom. The quantitative estimate of drug-likeness (QED) is 0.589. The van der Waals surface area contributed by atoms with Gasteiger partial charge in [-0.05, 0) is 24.0 Å². The van der Waals surface area contributed by atoms with Gasteiger partial charge in [0.05, 0.1) is 21.9 Å². The average molecular weight is 377 g/mol. The van der Waals surface area contributed by atoms with E-state index in [4.69, 9.17) is 0 Å². The number of nitrogens with zero attached hydrogens (tertiary/aromatic N) is 2. The van der Waals surface area contributed by atoms with Gasteiger partial charge < -0.3 is 0 Å². The predicted molar refractivity (Wildman–Crippen MR) is 97.7 cm³/mol. The molecular weight excluding hydrogens is 356 g/mol. The summed E-state index contributed by atoms with van der Waals surface area (Å²) < 4.78 is 24.6. The van der Waals surface area contributed by atoms with Gasteiger partial charge in [-0.1, -0.05) is 43.8 Å². The van der Waals surface area contributed by atoms with Crippen LogP contribution in [0.15, 0.2) is 46.6 Å². The van der Waals surface area contributed by atoms with Crippen LogP contribution in [0.25, 0.3) is 0 Å². The third-order valence-corrected chi connectivity index (χ3v) is 6.97. The summed E-state index contributed by atoms with van der Waals surface area (Å²) in [5.41, 5.74) is 1.27. The van der Waals surface area contributed by atoms with Crippen LogP contribution in [0.2, 0.25) is 0 Å². The third kappa shape index (κ3) is 4.27. The number of Topliss-reactive ketones (excluding diaryl/α,β-unsaturated/α-hetero) is 1. The van der Waals surface area contributed by atoms with E-state index in [1.165, 1.54) is 11.8 Å². The van der Waals surface area contributed by atoms with E-state index in [1.54, 1.807) is 36.5 Å². The molecule has 7 heteroatoms. The van der Waals surface area contributed by atoms with Crippen molar-refractivity contribution in [2.24, 2.45) is 5.41 Å². The highest BCUT2D eigenvalue weighted by Gasteiger charge is 2.32. The lowest BCUT2D eigenvalue weighted by atomic mass is 9.76. The second kappa shape index (κ2) is 6.88. The lowest BCUT2D eigenvalue weighted by molar-refractivity contribution is 0.0909. The molecule has 1 aliphatic rings. The van der Waals surface area contributed by atoms with Gasteiger partial charge in [-0.2, -0.15) is 0 Å². The normalized spacial score (nSPS) is 16.5. The fraction of sp³-hybridized carbons (Fsp3) is 0.389. The first-order valence-electron chi connectivity index (χ1n) is 8.07. The van der Waals surface area contributed by atoms with Crippen molar-refractivity contribution in [1.29, 1.82) is 0 Å². The van der Waals surface area contributed by atoms with E-state index in [0.29, 0.717) is 27.8 Å². The Labute approximate surface area is 152 Å². The first kappa shape index (κ1) is 18.1. The minimum absolute atomic E-state index is 0.0204. The summed E-state index contributed by atoms with van der Waals surface area (Å²) in [7, 11) is -3.31. The van der Waals surface area contributed by atoms with Crippen molar-refractivity contribution in [2.45, 2.75) is 36.7 Å². The molecule has 0 N–H and O–H groups in total. The topological polar surface area (TPSA) is 77.0 Å². The molecule has 1 heterocycles. The van der Waals surface area contributed by atoms with Crippen molar-refractivity contribution in [3.63, 3.8) is 0 Å². The smallest absolute Gasteiger partial charge is 0.187 e. The molecule has 0 aliphatic heterocycles. The van der Waals surface area contributed by atoms with Gasteiger partial charge in [0, 0.05) is 18.4 Å². The van der Waals surface area contributed by atoms with E-state index in [1.807, 2.05) is 0 Å². The van der Waals surface area contributed by atoms with Gasteiger partial charge in [-0.3, -0.25) is 4.79 Å². The first-order valence-corrected chi connectivity index (χ1v) is 10.7. The lowest BCUT2D eigenvalue weighted by Crippen LogP contribution is -2.28. The molecule has 0 saturated carbocycles. The second-order valence-corrected chi connectivity index (χ2v) is 10.1. The maximum Gasteiger partial charge on any atom is 0.187 e. The summed E-state index contributed by atoms with van der Waals surface area (Å²) in [6.45, 7) is 4.10. The fourth-order valence-corrected chi connectivity index (χ4v) is 5.37. The molecule has 1 aliphatic carbocycles. The Hall–Kier alpha value is -1.73. The van der Waals surface area contributed by atoms with Gasteiger partial charge in [0.15, 0.2) is 20.8 Å². The number of benzene rings is 1. The molecule has 25 heavy (non-hydrogen) atoms. The van der Waals surface area contributed by atoms with E-state index in [2.05, 4.69) is 23.8 Å². The van der Waals surface area contributed by atoms with Gasteiger partial charge in [0.1, 0.15) is 0 Å². The Balaban J connectivity index is 1.68. The monoisotopic (exact) mass is 376 g/mol. The number of hydrogen-bond acceptors (Lipinski definition) is 6. The molecular formula is C18H20N2O3S2. The Kier molecular flexibility index (Phi) is 4.97. The van der Waals surface area contributed by atoms with Crippen LogP contribution in [0.5, 0.6) is 0 Å². The predicted octanol–water partition coefficient (Wildman–Crippen LogP) is 3.20. The highest BCUT2D eigenvalue weighted by Crippen LogP contribution is 2.34. The Morgan fingerprint density at radius 1 is 1.16 bits per heavy atom.